The fourth-order valence-corrected chi connectivity index (χ4v) is 5.13. The van der Waals surface area contributed by atoms with Crippen molar-refractivity contribution in [3.8, 4) is 28.0 Å². The number of aromatic hydroxyl groups is 1. The minimum absolute atomic E-state index is 0. The zero-order valence-electron chi connectivity index (χ0n) is 25.6. The number of rotatable bonds is 6. The molecule has 0 atom stereocenters. The van der Waals surface area contributed by atoms with Gasteiger partial charge >= 0.3 is 34.1 Å². The minimum Gasteiger partial charge on any atom is -1.00 e. The number of aliphatic imine (C=N–C) groups is 2. The first kappa shape index (κ1) is 45.4. The molecule has 1 N–H and O–H groups in total. The summed E-state index contributed by atoms with van der Waals surface area (Å²) in [4.78, 5) is 18.2. The van der Waals surface area contributed by atoms with E-state index in [2.05, 4.69) is 68.9 Å². The summed E-state index contributed by atoms with van der Waals surface area (Å²) in [5.41, 5.74) is 12.5. The molecule has 248 valence electrons. The first-order chi connectivity index (χ1) is 19.3. The Hall–Kier alpha value is -2.70. The molecule has 5 aromatic rings. The van der Waals surface area contributed by atoms with Crippen molar-refractivity contribution in [1.82, 2.24) is 9.97 Å². The zero-order chi connectivity index (χ0) is 28.2. The van der Waals surface area contributed by atoms with Gasteiger partial charge < -0.3 is 54.7 Å². The maximum absolute atomic E-state index is 11.2. The van der Waals surface area contributed by atoms with Crippen LogP contribution in [0, 0.1) is 34.6 Å². The molecule has 0 unspecified atom stereocenters. The Morgan fingerprint density at radius 2 is 0.913 bits per heavy atom. The maximum atomic E-state index is 11.2. The third-order valence-corrected chi connectivity index (χ3v) is 6.98. The largest absolute Gasteiger partial charge is 2.00 e. The van der Waals surface area contributed by atoms with Gasteiger partial charge in [-0.15, -0.1) is 0 Å². The third-order valence-electron chi connectivity index (χ3n) is 6.98. The van der Waals surface area contributed by atoms with Gasteiger partial charge in [0, 0.05) is 18.0 Å². The van der Waals surface area contributed by atoms with E-state index < -0.39 is 0 Å². The molecule has 0 fully saturated rings. The number of hydrogen-bond acceptors (Lipinski definition) is 5. The third kappa shape index (κ3) is 10.4. The summed E-state index contributed by atoms with van der Waals surface area (Å²) in [6.45, 7) is 10.3. The van der Waals surface area contributed by atoms with Crippen LogP contribution in [0.3, 0.4) is 0 Å². The first-order valence-electron chi connectivity index (χ1n) is 13.3. The van der Waals surface area contributed by atoms with E-state index in [0.717, 1.165) is 72.8 Å². The number of aromatic nitrogens is 2. The van der Waals surface area contributed by atoms with Crippen molar-refractivity contribution in [2.45, 2.75) is 34.6 Å². The summed E-state index contributed by atoms with van der Waals surface area (Å²) in [5.74, 6) is 0.247. The molecule has 5 nitrogen and oxygen atoms in total. The first-order valence-corrected chi connectivity index (χ1v) is 13.3. The summed E-state index contributed by atoms with van der Waals surface area (Å²) in [7, 11) is 0. The molecule has 0 aliphatic carbocycles. The molecule has 0 saturated carbocycles. The molecule has 0 amide bonds. The summed E-state index contributed by atoms with van der Waals surface area (Å²) >= 11 is 0. The van der Waals surface area contributed by atoms with Crippen molar-refractivity contribution < 1.29 is 88.9 Å². The molecule has 0 aliphatic rings. The van der Waals surface area contributed by atoms with Gasteiger partial charge in [0.25, 0.3) is 0 Å². The van der Waals surface area contributed by atoms with Crippen LogP contribution in [0.15, 0.2) is 95.2 Å². The van der Waals surface area contributed by atoms with Crippen LogP contribution >= 0.6 is 0 Å². The van der Waals surface area contributed by atoms with Crippen LogP contribution in [-0.4, -0.2) is 27.5 Å². The van der Waals surface area contributed by atoms with Crippen molar-refractivity contribution in [1.29, 1.82) is 0 Å². The van der Waals surface area contributed by atoms with Gasteiger partial charge in [-0.3, -0.25) is 20.0 Å². The topological polar surface area (TPSA) is 70.7 Å². The number of nitrogens with zero attached hydrogens (tertiary/aromatic N) is 4. The molecule has 2 radical (unpaired) electrons. The SMILES string of the molecule is Cc1cc(-c2c(C)ccc(O)c2-c2cc(C)c(/N=C/c3ccccn3)c(C)c2)cc(C)c1/N=C/c1ccccn1.[Cl-].[Cl-].[Cl-].[Cl-].[Cu+2].[Cu+2]. The fraction of sp³-hybridized carbons (Fsp3) is 0.143. The van der Waals surface area contributed by atoms with Gasteiger partial charge in [0.1, 0.15) is 5.75 Å². The molecule has 0 bridgehead atoms. The molecule has 0 saturated heterocycles. The Kier molecular flexibility index (Phi) is 20.3. The number of pyridine rings is 2. The normalized spacial score (nSPS) is 10.0. The van der Waals surface area contributed by atoms with E-state index in [-0.39, 0.29) is 89.5 Å². The number of halogens is 4. The molecule has 11 heteroatoms. The summed E-state index contributed by atoms with van der Waals surface area (Å²) in [6, 6.07) is 23.8. The Morgan fingerprint density at radius 3 is 1.28 bits per heavy atom. The van der Waals surface area contributed by atoms with Crippen LogP contribution in [0.25, 0.3) is 22.3 Å². The quantitative estimate of drug-likeness (QED) is 0.144. The van der Waals surface area contributed by atoms with E-state index in [0.29, 0.717) is 0 Å². The second kappa shape index (κ2) is 20.5. The summed E-state index contributed by atoms with van der Waals surface area (Å²) < 4.78 is 0. The zero-order valence-corrected chi connectivity index (χ0v) is 30.5. The average Bonchev–Trinajstić information content (AvgIpc) is 2.94. The molecular formula is C35H32Cl4Cu2N4O. The summed E-state index contributed by atoms with van der Waals surface area (Å²) in [5, 5.41) is 11.2. The number of phenols is 1. The molecule has 3 aromatic carbocycles. The Bertz CT molecular complexity index is 1590. The van der Waals surface area contributed by atoms with E-state index in [1.807, 2.05) is 42.5 Å². The van der Waals surface area contributed by atoms with E-state index in [4.69, 9.17) is 9.98 Å². The molecular weight excluding hydrogens is 761 g/mol. The second-order valence-corrected chi connectivity index (χ2v) is 10.1. The molecule has 46 heavy (non-hydrogen) atoms. The van der Waals surface area contributed by atoms with Crippen molar-refractivity contribution in [2.24, 2.45) is 9.98 Å². The van der Waals surface area contributed by atoms with Gasteiger partial charge in [0.15, 0.2) is 0 Å². The van der Waals surface area contributed by atoms with E-state index in [9.17, 15) is 5.11 Å². The minimum atomic E-state index is 0. The predicted octanol–water partition coefficient (Wildman–Crippen LogP) is -3.43. The van der Waals surface area contributed by atoms with Crippen molar-refractivity contribution in [3.63, 3.8) is 0 Å². The van der Waals surface area contributed by atoms with Gasteiger partial charge in [0.2, 0.25) is 0 Å². The van der Waals surface area contributed by atoms with Gasteiger partial charge in [-0.25, -0.2) is 0 Å². The number of phenolic OH excluding ortho intramolecular Hbond substituents is 1. The van der Waals surface area contributed by atoms with Gasteiger partial charge in [-0.05, 0) is 134 Å². The number of aryl methyl sites for hydroxylation is 5. The molecule has 0 aliphatic heterocycles. The maximum Gasteiger partial charge on any atom is 2.00 e. The molecule has 2 heterocycles. The van der Waals surface area contributed by atoms with Crippen LogP contribution < -0.4 is 49.6 Å². The van der Waals surface area contributed by atoms with E-state index >= 15 is 0 Å². The van der Waals surface area contributed by atoms with Crippen molar-refractivity contribution >= 4 is 23.8 Å². The fourth-order valence-electron chi connectivity index (χ4n) is 5.13. The standard InChI is InChI=1S/C35H32N4O.4ClH.2Cu/c1-22-12-13-31(40)33(28-18-25(4)35(26(5)19-28)39-21-30-11-7-9-15-37-30)32(22)27-16-23(2)34(24(3)17-27)38-20-29-10-6-8-14-36-29;;;;;;/h6-21,40H,1-5H3;4*1H;;/q;;;;;2*+2/p-4/b38-20+,39-21+;;;;;;. The van der Waals surface area contributed by atoms with Crippen LogP contribution in [0.5, 0.6) is 5.75 Å². The van der Waals surface area contributed by atoms with Crippen LogP contribution in [-0.2, 0) is 34.1 Å². The van der Waals surface area contributed by atoms with E-state index in [1.54, 1.807) is 30.9 Å². The Labute approximate surface area is 317 Å². The van der Waals surface area contributed by atoms with Crippen LogP contribution in [0.2, 0.25) is 0 Å². The van der Waals surface area contributed by atoms with Gasteiger partial charge in [0.05, 0.1) is 35.2 Å². The van der Waals surface area contributed by atoms with Gasteiger partial charge in [-0.1, -0.05) is 18.2 Å². The second-order valence-electron chi connectivity index (χ2n) is 10.1. The van der Waals surface area contributed by atoms with E-state index in [1.165, 1.54) is 0 Å². The summed E-state index contributed by atoms with van der Waals surface area (Å²) in [6.07, 6.45) is 7.10. The number of hydrogen-bond donors (Lipinski definition) is 1. The molecule has 0 spiro atoms. The predicted molar refractivity (Wildman–Crippen MR) is 166 cm³/mol. The van der Waals surface area contributed by atoms with Crippen LogP contribution in [0.1, 0.15) is 39.2 Å². The van der Waals surface area contributed by atoms with Crippen LogP contribution in [0.4, 0.5) is 11.4 Å². The smallest absolute Gasteiger partial charge is 1.00 e. The monoisotopic (exact) mass is 790 g/mol. The van der Waals surface area contributed by atoms with Gasteiger partial charge in [-0.2, -0.15) is 0 Å². The Morgan fingerprint density at radius 1 is 0.522 bits per heavy atom. The number of benzene rings is 3. The average molecular weight is 794 g/mol. The van der Waals surface area contributed by atoms with Crippen molar-refractivity contribution in [2.75, 3.05) is 0 Å². The van der Waals surface area contributed by atoms with Crippen molar-refractivity contribution in [3.05, 3.63) is 124 Å². The Balaban J connectivity index is 0. The molecule has 5 rings (SSSR count). The molecule has 2 aromatic heterocycles.